The lowest BCUT2D eigenvalue weighted by Crippen LogP contribution is -2.32. The summed E-state index contributed by atoms with van der Waals surface area (Å²) in [6.45, 7) is 0.0859. The molecule has 1 aromatic heterocycles. The molecule has 4 aromatic rings. The third kappa shape index (κ3) is 4.51. The van der Waals surface area contributed by atoms with E-state index in [4.69, 9.17) is 4.74 Å². The van der Waals surface area contributed by atoms with Crippen molar-refractivity contribution in [2.75, 3.05) is 6.26 Å². The molecular formula is C29H26F3N3O4S. The number of hydrogen-bond acceptors (Lipinski definition) is 6. The zero-order valence-electron chi connectivity index (χ0n) is 21.9. The molecule has 0 saturated heterocycles. The molecule has 1 unspecified atom stereocenters. The monoisotopic (exact) mass is 569 g/mol. The van der Waals surface area contributed by atoms with Crippen LogP contribution in [0, 0.1) is 5.82 Å². The van der Waals surface area contributed by atoms with Crippen LogP contribution in [0.3, 0.4) is 0 Å². The van der Waals surface area contributed by atoms with Crippen LogP contribution in [-0.4, -0.2) is 40.7 Å². The van der Waals surface area contributed by atoms with Gasteiger partial charge in [0.25, 0.3) is 0 Å². The molecular weight excluding hydrogens is 543 g/mol. The van der Waals surface area contributed by atoms with Crippen molar-refractivity contribution in [3.8, 4) is 16.9 Å². The molecule has 2 atom stereocenters. The molecule has 11 heteroatoms. The predicted molar refractivity (Wildman–Crippen MR) is 143 cm³/mol. The van der Waals surface area contributed by atoms with Crippen LogP contribution >= 0.6 is 0 Å². The zero-order valence-corrected chi connectivity index (χ0v) is 22.7. The number of nitrogens with zero attached hydrogens (tertiary/aromatic N) is 3. The van der Waals surface area contributed by atoms with Gasteiger partial charge in [0.15, 0.2) is 5.82 Å². The first kappa shape index (κ1) is 26.7. The number of aliphatic hydroxyl groups is 1. The Kier molecular flexibility index (Phi) is 6.17. The second-order valence-corrected chi connectivity index (χ2v) is 12.8. The highest BCUT2D eigenvalue weighted by atomic mass is 32.2. The summed E-state index contributed by atoms with van der Waals surface area (Å²) in [5, 5.41) is 11.4. The summed E-state index contributed by atoms with van der Waals surface area (Å²) in [5.74, 6) is -0.690. The van der Waals surface area contributed by atoms with Crippen LogP contribution in [0.2, 0.25) is 0 Å². The Balaban J connectivity index is 1.53. The molecule has 1 aliphatic carbocycles. The summed E-state index contributed by atoms with van der Waals surface area (Å²) in [5.41, 5.74) is 2.06. The van der Waals surface area contributed by atoms with Crippen molar-refractivity contribution in [2.45, 2.75) is 51.0 Å². The molecule has 40 heavy (non-hydrogen) atoms. The fourth-order valence-corrected chi connectivity index (χ4v) is 6.96. The maximum absolute atomic E-state index is 15.4. The van der Waals surface area contributed by atoms with E-state index in [1.54, 1.807) is 38.1 Å². The van der Waals surface area contributed by atoms with Gasteiger partial charge in [-0.2, -0.15) is 13.1 Å². The quantitative estimate of drug-likeness (QED) is 0.336. The standard InChI is InChI=1S/C29H26F3N3O4S/c1-29(2,36)27-33-12-18(13-34-27)19-7-16-8-20-21(9-17(16)10-23(19)30)24-11-22(20)26-15(14-35(24)40(3,37)38)5-4-6-25(26)39-28(31)32/h4-10,12-13,22,24,28,36H,11,14H2,1-3H3/t22-,24?/m1/s1. The molecule has 0 amide bonds. The average Bonchev–Trinajstić information content (AvgIpc) is 3.09. The molecule has 208 valence electrons. The van der Waals surface area contributed by atoms with Crippen molar-refractivity contribution >= 4 is 20.8 Å². The SMILES string of the molecule is CC(C)(O)c1ncc(-c2cc3cc4c(cc3cc2F)C2C[C@H]4c3c(cccc3OC(F)F)CN2S(C)(=O)=O)cn1. The van der Waals surface area contributed by atoms with Crippen molar-refractivity contribution in [1.29, 1.82) is 0 Å². The molecule has 2 heterocycles. The Labute approximate surface area is 229 Å². The maximum Gasteiger partial charge on any atom is 0.387 e. The van der Waals surface area contributed by atoms with E-state index >= 15 is 4.39 Å². The molecule has 3 aromatic carbocycles. The molecule has 1 aliphatic heterocycles. The van der Waals surface area contributed by atoms with Crippen LogP contribution in [0.25, 0.3) is 21.9 Å². The molecule has 1 N–H and O–H groups in total. The van der Waals surface area contributed by atoms with Crippen molar-refractivity contribution < 1.29 is 31.4 Å². The lowest BCUT2D eigenvalue weighted by molar-refractivity contribution is -0.0505. The van der Waals surface area contributed by atoms with E-state index < -0.39 is 40.0 Å². The lowest BCUT2D eigenvalue weighted by atomic mass is 9.87. The highest BCUT2D eigenvalue weighted by molar-refractivity contribution is 7.88. The number of alkyl halides is 2. The Hall–Kier alpha value is -3.54. The lowest BCUT2D eigenvalue weighted by Gasteiger charge is -2.28. The van der Waals surface area contributed by atoms with Gasteiger partial charge in [0.05, 0.1) is 12.3 Å². The van der Waals surface area contributed by atoms with E-state index in [1.165, 1.54) is 28.8 Å². The van der Waals surface area contributed by atoms with E-state index in [0.29, 0.717) is 39.4 Å². The van der Waals surface area contributed by atoms with Crippen molar-refractivity contribution in [2.24, 2.45) is 0 Å². The average molecular weight is 570 g/mol. The minimum Gasteiger partial charge on any atom is -0.435 e. The first-order valence-corrected chi connectivity index (χ1v) is 14.5. The summed E-state index contributed by atoms with van der Waals surface area (Å²) in [6, 6.07) is 11.0. The Morgan fingerprint density at radius 1 is 1.07 bits per heavy atom. The van der Waals surface area contributed by atoms with Crippen molar-refractivity contribution in [1.82, 2.24) is 14.3 Å². The molecule has 7 nitrogen and oxygen atoms in total. The molecule has 2 aliphatic rings. The number of sulfonamides is 1. The minimum atomic E-state index is -3.68. The summed E-state index contributed by atoms with van der Waals surface area (Å²) in [6.07, 6.45) is 4.37. The highest BCUT2D eigenvalue weighted by Crippen LogP contribution is 2.54. The fourth-order valence-electron chi connectivity index (χ4n) is 5.92. The molecule has 2 bridgehead atoms. The number of rotatable bonds is 5. The van der Waals surface area contributed by atoms with Gasteiger partial charge in [-0.25, -0.2) is 22.8 Å². The summed E-state index contributed by atoms with van der Waals surface area (Å²) < 4.78 is 74.1. The number of hydrogen-bond donors (Lipinski definition) is 1. The maximum atomic E-state index is 15.4. The van der Waals surface area contributed by atoms with Crippen LogP contribution in [-0.2, 0) is 22.2 Å². The number of benzene rings is 3. The van der Waals surface area contributed by atoms with E-state index in [-0.39, 0.29) is 23.7 Å². The first-order valence-electron chi connectivity index (χ1n) is 12.7. The van der Waals surface area contributed by atoms with Gasteiger partial charge in [0.1, 0.15) is 17.2 Å². The summed E-state index contributed by atoms with van der Waals surface area (Å²) >= 11 is 0. The number of halogens is 3. The van der Waals surface area contributed by atoms with E-state index in [2.05, 4.69) is 9.97 Å². The largest absolute Gasteiger partial charge is 0.435 e. The molecule has 0 radical (unpaired) electrons. The van der Waals surface area contributed by atoms with Crippen LogP contribution < -0.4 is 4.74 Å². The van der Waals surface area contributed by atoms with Crippen molar-refractivity contribution in [3.05, 3.63) is 88.8 Å². The number of fused-ring (bicyclic) bond motifs is 8. The van der Waals surface area contributed by atoms with Crippen LogP contribution in [0.5, 0.6) is 5.75 Å². The van der Waals surface area contributed by atoms with Gasteiger partial charge in [-0.15, -0.1) is 0 Å². The highest BCUT2D eigenvalue weighted by Gasteiger charge is 2.44. The number of ether oxygens (including phenoxy) is 1. The molecule has 0 spiro atoms. The van der Waals surface area contributed by atoms with Gasteiger partial charge in [0, 0.05) is 41.5 Å². The Morgan fingerprint density at radius 2 is 1.75 bits per heavy atom. The third-order valence-electron chi connectivity index (χ3n) is 7.65. The van der Waals surface area contributed by atoms with Crippen LogP contribution in [0.4, 0.5) is 13.2 Å². The molecule has 6 rings (SSSR count). The fraction of sp³-hybridized carbons (Fsp3) is 0.310. The smallest absolute Gasteiger partial charge is 0.387 e. The van der Waals surface area contributed by atoms with Crippen molar-refractivity contribution in [3.63, 3.8) is 0 Å². The molecule has 0 saturated carbocycles. The zero-order chi connectivity index (χ0) is 28.6. The third-order valence-corrected chi connectivity index (χ3v) is 8.89. The van der Waals surface area contributed by atoms with Crippen LogP contribution in [0.15, 0.2) is 54.9 Å². The first-order chi connectivity index (χ1) is 18.8. The summed E-state index contributed by atoms with van der Waals surface area (Å²) in [4.78, 5) is 8.37. The van der Waals surface area contributed by atoms with Gasteiger partial charge in [-0.05, 0) is 72.0 Å². The topological polar surface area (TPSA) is 92.6 Å². The number of aromatic nitrogens is 2. The minimum absolute atomic E-state index is 0.0151. The normalized spacial score (nSPS) is 19.0. The Bertz CT molecular complexity index is 1760. The van der Waals surface area contributed by atoms with E-state index in [0.717, 1.165) is 11.8 Å². The van der Waals surface area contributed by atoms with Gasteiger partial charge >= 0.3 is 6.61 Å². The van der Waals surface area contributed by atoms with E-state index in [1.807, 2.05) is 6.07 Å². The van der Waals surface area contributed by atoms with Gasteiger partial charge in [-0.3, -0.25) is 0 Å². The van der Waals surface area contributed by atoms with Gasteiger partial charge < -0.3 is 9.84 Å². The Morgan fingerprint density at radius 3 is 2.40 bits per heavy atom. The second kappa shape index (κ2) is 9.25. The summed E-state index contributed by atoms with van der Waals surface area (Å²) in [7, 11) is -3.68. The predicted octanol–water partition coefficient (Wildman–Crippen LogP) is 5.62. The second-order valence-electron chi connectivity index (χ2n) is 10.8. The van der Waals surface area contributed by atoms with E-state index in [9.17, 15) is 22.3 Å². The molecule has 0 fully saturated rings. The van der Waals surface area contributed by atoms with Crippen LogP contribution in [0.1, 0.15) is 60.3 Å². The van der Waals surface area contributed by atoms with Gasteiger partial charge in [0.2, 0.25) is 10.0 Å². The van der Waals surface area contributed by atoms with Gasteiger partial charge in [-0.1, -0.05) is 18.2 Å².